The van der Waals surface area contributed by atoms with Crippen LogP contribution in [-0.2, 0) is 0 Å². The van der Waals surface area contributed by atoms with Gasteiger partial charge in [0.25, 0.3) is 0 Å². The van der Waals surface area contributed by atoms with Crippen LogP contribution in [0.3, 0.4) is 0 Å². The standard InChI is InChI=1S/C10H6FNO.2C2H6/c1-6-5-13-10-7(4-12)2-8(11)3-9(6)10;2*1-2/h2-3,5H,1H3;2*1-2H3. The Kier molecular flexibility index (Phi) is 6.65. The highest BCUT2D eigenvalue weighted by molar-refractivity contribution is 5.85. The van der Waals surface area contributed by atoms with Gasteiger partial charge in [0.2, 0.25) is 0 Å². The van der Waals surface area contributed by atoms with Crippen molar-refractivity contribution in [2.24, 2.45) is 0 Å². The van der Waals surface area contributed by atoms with Crippen LogP contribution in [-0.4, -0.2) is 0 Å². The molecule has 1 aromatic carbocycles. The van der Waals surface area contributed by atoms with E-state index in [0.29, 0.717) is 11.0 Å². The van der Waals surface area contributed by atoms with Crippen LogP contribution in [0.5, 0.6) is 0 Å². The Morgan fingerprint density at radius 1 is 1.18 bits per heavy atom. The summed E-state index contributed by atoms with van der Waals surface area (Å²) < 4.78 is 18.1. The lowest BCUT2D eigenvalue weighted by Gasteiger charge is -1.93. The number of halogens is 1. The van der Waals surface area contributed by atoms with E-state index in [9.17, 15) is 4.39 Å². The largest absolute Gasteiger partial charge is 0.463 e. The second kappa shape index (κ2) is 7.45. The summed E-state index contributed by atoms with van der Waals surface area (Å²) in [6.45, 7) is 9.81. The Morgan fingerprint density at radius 2 is 1.76 bits per heavy atom. The second-order valence-electron chi connectivity index (χ2n) is 2.86. The van der Waals surface area contributed by atoms with Crippen LogP contribution < -0.4 is 0 Å². The van der Waals surface area contributed by atoms with Gasteiger partial charge >= 0.3 is 0 Å². The van der Waals surface area contributed by atoms with Crippen molar-refractivity contribution < 1.29 is 8.81 Å². The first kappa shape index (κ1) is 15.2. The topological polar surface area (TPSA) is 36.9 Å². The summed E-state index contributed by atoms with van der Waals surface area (Å²) in [5.41, 5.74) is 1.54. The van der Waals surface area contributed by atoms with Gasteiger partial charge in [-0.2, -0.15) is 5.26 Å². The molecule has 17 heavy (non-hydrogen) atoms. The highest BCUT2D eigenvalue weighted by Gasteiger charge is 2.08. The first-order chi connectivity index (χ1) is 8.22. The third-order valence-corrected chi connectivity index (χ3v) is 1.95. The zero-order valence-corrected chi connectivity index (χ0v) is 11.0. The molecule has 3 heteroatoms. The lowest BCUT2D eigenvalue weighted by Crippen LogP contribution is -1.80. The van der Waals surface area contributed by atoms with E-state index < -0.39 is 5.82 Å². The van der Waals surface area contributed by atoms with Crippen LogP contribution >= 0.6 is 0 Å². The number of benzene rings is 1. The molecule has 0 aliphatic rings. The van der Waals surface area contributed by atoms with Crippen LogP contribution in [0.25, 0.3) is 11.0 Å². The lowest BCUT2D eigenvalue weighted by molar-refractivity contribution is 0.606. The van der Waals surface area contributed by atoms with Crippen LogP contribution in [0.2, 0.25) is 0 Å². The van der Waals surface area contributed by atoms with Gasteiger partial charge in [-0.05, 0) is 24.6 Å². The Morgan fingerprint density at radius 3 is 2.29 bits per heavy atom. The molecule has 0 unspecified atom stereocenters. The molecule has 0 N–H and O–H groups in total. The van der Waals surface area contributed by atoms with Crippen molar-refractivity contribution in [1.29, 1.82) is 5.26 Å². The number of rotatable bonds is 0. The maximum Gasteiger partial charge on any atom is 0.152 e. The van der Waals surface area contributed by atoms with Gasteiger partial charge in [0.1, 0.15) is 11.9 Å². The summed E-state index contributed by atoms with van der Waals surface area (Å²) in [6.07, 6.45) is 1.52. The molecule has 1 heterocycles. The van der Waals surface area contributed by atoms with Gasteiger partial charge in [-0.25, -0.2) is 4.39 Å². The van der Waals surface area contributed by atoms with Gasteiger partial charge < -0.3 is 4.42 Å². The molecule has 0 amide bonds. The van der Waals surface area contributed by atoms with Crippen molar-refractivity contribution in [3.63, 3.8) is 0 Å². The van der Waals surface area contributed by atoms with Crippen molar-refractivity contribution in [2.75, 3.05) is 0 Å². The van der Waals surface area contributed by atoms with Gasteiger partial charge in [-0.3, -0.25) is 0 Å². The monoisotopic (exact) mass is 235 g/mol. The molecule has 0 fully saturated rings. The van der Waals surface area contributed by atoms with Crippen LogP contribution in [0.1, 0.15) is 38.8 Å². The Balaban J connectivity index is 0.000000581. The molecular weight excluding hydrogens is 217 g/mol. The normalized spacial score (nSPS) is 8.53. The molecule has 0 aliphatic heterocycles. The fraction of sp³-hybridized carbons (Fsp3) is 0.357. The highest BCUT2D eigenvalue weighted by Crippen LogP contribution is 2.24. The Hall–Kier alpha value is -1.82. The fourth-order valence-electron chi connectivity index (χ4n) is 1.31. The quantitative estimate of drug-likeness (QED) is 0.657. The van der Waals surface area contributed by atoms with Crippen molar-refractivity contribution in [1.82, 2.24) is 0 Å². The predicted octanol–water partition coefficient (Wildman–Crippen LogP) is 4.80. The number of fused-ring (bicyclic) bond motifs is 1. The van der Waals surface area contributed by atoms with Crippen molar-refractivity contribution in [3.8, 4) is 6.07 Å². The summed E-state index contributed by atoms with van der Waals surface area (Å²) in [5.74, 6) is -0.409. The van der Waals surface area contributed by atoms with Gasteiger partial charge in [0.15, 0.2) is 5.58 Å². The lowest BCUT2D eigenvalue weighted by atomic mass is 10.1. The van der Waals surface area contributed by atoms with Gasteiger partial charge in [-0.1, -0.05) is 27.7 Å². The average molecular weight is 235 g/mol. The highest BCUT2D eigenvalue weighted by atomic mass is 19.1. The molecular formula is C14H18FNO. The van der Waals surface area contributed by atoms with Crippen LogP contribution in [0.4, 0.5) is 4.39 Å². The van der Waals surface area contributed by atoms with E-state index in [0.717, 1.165) is 5.56 Å². The predicted molar refractivity (Wildman–Crippen MR) is 68.3 cm³/mol. The minimum atomic E-state index is -0.409. The molecule has 0 aliphatic carbocycles. The SMILES string of the molecule is CC.CC.Cc1coc2c(C#N)cc(F)cc12. The first-order valence-electron chi connectivity index (χ1n) is 5.80. The number of furan rings is 1. The maximum absolute atomic E-state index is 12.9. The minimum Gasteiger partial charge on any atom is -0.463 e. The van der Waals surface area contributed by atoms with E-state index in [1.807, 2.05) is 40.7 Å². The fourth-order valence-corrected chi connectivity index (χ4v) is 1.31. The maximum atomic E-state index is 12.9. The van der Waals surface area contributed by atoms with Crippen molar-refractivity contribution in [2.45, 2.75) is 34.6 Å². The summed E-state index contributed by atoms with van der Waals surface area (Å²) in [4.78, 5) is 0. The van der Waals surface area contributed by atoms with Crippen molar-refractivity contribution >= 4 is 11.0 Å². The van der Waals surface area contributed by atoms with Crippen LogP contribution in [0.15, 0.2) is 22.8 Å². The summed E-state index contributed by atoms with van der Waals surface area (Å²) in [7, 11) is 0. The Labute approximate surface area is 102 Å². The third kappa shape index (κ3) is 3.32. The average Bonchev–Trinajstić information content (AvgIpc) is 2.75. The molecule has 0 saturated heterocycles. The molecule has 0 atom stereocenters. The number of aryl methyl sites for hydroxylation is 1. The summed E-state index contributed by atoms with van der Waals surface area (Å²) >= 11 is 0. The zero-order valence-electron chi connectivity index (χ0n) is 11.0. The van der Waals surface area contributed by atoms with Crippen molar-refractivity contribution in [3.05, 3.63) is 35.3 Å². The number of nitriles is 1. The molecule has 0 radical (unpaired) electrons. The minimum absolute atomic E-state index is 0.239. The van der Waals surface area contributed by atoms with E-state index in [1.165, 1.54) is 18.4 Å². The molecule has 2 aromatic rings. The molecule has 2 nitrogen and oxygen atoms in total. The second-order valence-corrected chi connectivity index (χ2v) is 2.86. The molecule has 1 aromatic heterocycles. The van der Waals surface area contributed by atoms with E-state index in [-0.39, 0.29) is 5.56 Å². The van der Waals surface area contributed by atoms with E-state index in [2.05, 4.69) is 0 Å². The summed E-state index contributed by atoms with van der Waals surface area (Å²) in [6, 6.07) is 4.43. The number of nitrogens with zero attached hydrogens (tertiary/aromatic N) is 1. The van der Waals surface area contributed by atoms with E-state index in [1.54, 1.807) is 0 Å². The molecule has 0 bridgehead atoms. The van der Waals surface area contributed by atoms with E-state index in [4.69, 9.17) is 9.68 Å². The van der Waals surface area contributed by atoms with Gasteiger partial charge in [-0.15, -0.1) is 0 Å². The molecule has 0 spiro atoms. The smallest absolute Gasteiger partial charge is 0.152 e. The van der Waals surface area contributed by atoms with Gasteiger partial charge in [0, 0.05) is 5.39 Å². The van der Waals surface area contributed by atoms with Gasteiger partial charge in [0.05, 0.1) is 11.8 Å². The third-order valence-electron chi connectivity index (χ3n) is 1.95. The van der Waals surface area contributed by atoms with Crippen LogP contribution in [0, 0.1) is 24.1 Å². The summed E-state index contributed by atoms with van der Waals surface area (Å²) in [5, 5.41) is 9.36. The Bertz CT molecular complexity index is 509. The first-order valence-corrected chi connectivity index (χ1v) is 5.80. The zero-order chi connectivity index (χ0) is 13.4. The number of hydrogen-bond acceptors (Lipinski definition) is 2. The van der Waals surface area contributed by atoms with E-state index >= 15 is 0 Å². The molecule has 0 saturated carbocycles. The number of hydrogen-bond donors (Lipinski definition) is 0. The molecule has 92 valence electrons. The molecule has 2 rings (SSSR count).